The summed E-state index contributed by atoms with van der Waals surface area (Å²) in [6.07, 6.45) is 2.29. The van der Waals surface area contributed by atoms with Gasteiger partial charge in [-0.25, -0.2) is 0 Å². The fourth-order valence-electron chi connectivity index (χ4n) is 2.48. The minimum atomic E-state index is -0.705. The van der Waals surface area contributed by atoms with Crippen molar-refractivity contribution in [1.82, 2.24) is 0 Å². The molecule has 1 aliphatic carbocycles. The lowest BCUT2D eigenvalue weighted by Gasteiger charge is -2.30. The Labute approximate surface area is 134 Å². The summed E-state index contributed by atoms with van der Waals surface area (Å²) in [5.74, 6) is -0.812. The van der Waals surface area contributed by atoms with Crippen molar-refractivity contribution in [2.75, 3.05) is 0 Å². The number of hydrogen-bond donors (Lipinski definition) is 0. The number of carbonyl (C=O) groups is 2. The molecule has 0 aromatic heterocycles. The maximum absolute atomic E-state index is 12.0. The zero-order valence-electron chi connectivity index (χ0n) is 12.0. The van der Waals surface area contributed by atoms with Crippen LogP contribution >= 0.6 is 23.2 Å². The van der Waals surface area contributed by atoms with Gasteiger partial charge in [0.2, 0.25) is 0 Å². The van der Waals surface area contributed by atoms with Gasteiger partial charge < -0.3 is 0 Å². The fraction of sp³-hybridized carbons (Fsp3) is 0.438. The molecule has 0 unspecified atom stereocenters. The summed E-state index contributed by atoms with van der Waals surface area (Å²) in [5.41, 5.74) is 0.575. The summed E-state index contributed by atoms with van der Waals surface area (Å²) in [5, 5.41) is 1.09. The molecule has 0 saturated heterocycles. The van der Waals surface area contributed by atoms with Gasteiger partial charge in [0.1, 0.15) is 17.5 Å². The lowest BCUT2D eigenvalue weighted by atomic mass is 9.72. The molecule has 1 aromatic rings. The highest BCUT2D eigenvalue weighted by Gasteiger charge is 2.38. The maximum Gasteiger partial charge on any atom is 0.149 e. The number of hydrogen-bond acceptors (Lipinski definition) is 3. The maximum atomic E-state index is 12.0. The normalized spacial score (nSPS) is 19.4. The van der Waals surface area contributed by atoms with Crippen LogP contribution in [0.5, 0.6) is 0 Å². The molecule has 0 spiro atoms. The fourth-order valence-corrected chi connectivity index (χ4v) is 2.95. The Balaban J connectivity index is 2.04. The van der Waals surface area contributed by atoms with Crippen molar-refractivity contribution in [2.45, 2.75) is 33.2 Å². The van der Waals surface area contributed by atoms with Crippen molar-refractivity contribution in [3.8, 4) is 0 Å². The Morgan fingerprint density at radius 1 is 1.24 bits per heavy atom. The van der Waals surface area contributed by atoms with Crippen LogP contribution in [0, 0.1) is 11.3 Å². The van der Waals surface area contributed by atoms with E-state index in [1.165, 1.54) is 6.21 Å². The molecule has 21 heavy (non-hydrogen) atoms. The second-order valence-corrected chi connectivity index (χ2v) is 7.00. The number of halogens is 2. The zero-order chi connectivity index (χ0) is 15.6. The Kier molecular flexibility index (Phi) is 4.84. The summed E-state index contributed by atoms with van der Waals surface area (Å²) >= 11 is 11.9. The van der Waals surface area contributed by atoms with Crippen molar-refractivity contribution in [3.05, 3.63) is 33.8 Å². The number of Topliss-reactive ketones (excluding diaryl/α,β-unsaturated/α-hetero) is 2. The average molecular weight is 326 g/mol. The summed E-state index contributed by atoms with van der Waals surface area (Å²) in [6, 6.07) is 5.17. The molecule has 0 N–H and O–H groups in total. The van der Waals surface area contributed by atoms with Gasteiger partial charge in [0.25, 0.3) is 0 Å². The lowest BCUT2D eigenvalue weighted by molar-refractivity contribution is -0.136. The molecule has 112 valence electrons. The SMILES string of the molecule is CC1(C)CC(=O)C(C=NCc2ccc(Cl)cc2Cl)C(=O)C1. The van der Waals surface area contributed by atoms with E-state index >= 15 is 0 Å². The van der Waals surface area contributed by atoms with E-state index in [0.29, 0.717) is 29.4 Å². The van der Waals surface area contributed by atoms with E-state index in [2.05, 4.69) is 4.99 Å². The summed E-state index contributed by atoms with van der Waals surface area (Å²) in [7, 11) is 0. The van der Waals surface area contributed by atoms with E-state index in [-0.39, 0.29) is 17.0 Å². The monoisotopic (exact) mass is 325 g/mol. The first-order valence-electron chi connectivity index (χ1n) is 6.78. The molecule has 0 atom stereocenters. The minimum absolute atomic E-state index is 0.0535. The van der Waals surface area contributed by atoms with Gasteiger partial charge in [-0.1, -0.05) is 43.1 Å². The van der Waals surface area contributed by atoms with Crippen molar-refractivity contribution in [2.24, 2.45) is 16.3 Å². The van der Waals surface area contributed by atoms with Crippen molar-refractivity contribution in [3.63, 3.8) is 0 Å². The van der Waals surface area contributed by atoms with Crippen LogP contribution in [-0.2, 0) is 16.1 Å². The third-order valence-electron chi connectivity index (χ3n) is 3.53. The average Bonchev–Trinajstić information content (AvgIpc) is 2.33. The summed E-state index contributed by atoms with van der Waals surface area (Å²) in [6.45, 7) is 4.20. The van der Waals surface area contributed by atoms with Crippen LogP contribution in [0.15, 0.2) is 23.2 Å². The molecule has 1 saturated carbocycles. The van der Waals surface area contributed by atoms with Crippen molar-refractivity contribution >= 4 is 41.0 Å². The van der Waals surface area contributed by atoms with E-state index in [0.717, 1.165) is 5.56 Å². The first-order valence-corrected chi connectivity index (χ1v) is 7.53. The molecule has 0 heterocycles. The molecule has 0 aliphatic heterocycles. The van der Waals surface area contributed by atoms with Crippen LogP contribution in [0.2, 0.25) is 10.0 Å². The van der Waals surface area contributed by atoms with Gasteiger partial charge in [-0.3, -0.25) is 14.6 Å². The van der Waals surface area contributed by atoms with E-state index in [1.54, 1.807) is 18.2 Å². The Morgan fingerprint density at radius 3 is 2.43 bits per heavy atom. The van der Waals surface area contributed by atoms with Crippen molar-refractivity contribution < 1.29 is 9.59 Å². The molecule has 5 heteroatoms. The van der Waals surface area contributed by atoms with E-state index < -0.39 is 5.92 Å². The van der Waals surface area contributed by atoms with Gasteiger partial charge in [0, 0.05) is 29.1 Å². The molecule has 1 aromatic carbocycles. The molecular weight excluding hydrogens is 309 g/mol. The first-order chi connectivity index (χ1) is 9.78. The lowest BCUT2D eigenvalue weighted by Crippen LogP contribution is -2.38. The molecule has 1 aliphatic rings. The van der Waals surface area contributed by atoms with Gasteiger partial charge in [-0.05, 0) is 23.1 Å². The van der Waals surface area contributed by atoms with E-state index in [9.17, 15) is 9.59 Å². The second kappa shape index (κ2) is 6.29. The number of ketones is 2. The molecule has 0 amide bonds. The minimum Gasteiger partial charge on any atom is -0.298 e. The van der Waals surface area contributed by atoms with Crippen LogP contribution in [0.1, 0.15) is 32.3 Å². The van der Waals surface area contributed by atoms with Crippen LogP contribution < -0.4 is 0 Å². The zero-order valence-corrected chi connectivity index (χ0v) is 13.5. The van der Waals surface area contributed by atoms with Gasteiger partial charge in [0.15, 0.2) is 0 Å². The number of aliphatic imine (C=N–C) groups is 1. The topological polar surface area (TPSA) is 46.5 Å². The predicted molar refractivity (Wildman–Crippen MR) is 85.2 cm³/mol. The molecule has 3 nitrogen and oxygen atoms in total. The van der Waals surface area contributed by atoms with Crippen LogP contribution in [0.4, 0.5) is 0 Å². The van der Waals surface area contributed by atoms with E-state index in [4.69, 9.17) is 23.2 Å². The smallest absolute Gasteiger partial charge is 0.149 e. The van der Waals surface area contributed by atoms with Crippen LogP contribution in [0.3, 0.4) is 0 Å². The van der Waals surface area contributed by atoms with Gasteiger partial charge in [-0.15, -0.1) is 0 Å². The molecule has 2 rings (SSSR count). The molecule has 1 fully saturated rings. The highest BCUT2D eigenvalue weighted by molar-refractivity contribution is 6.35. The Hall–Kier alpha value is -1.19. The third-order valence-corrected chi connectivity index (χ3v) is 4.12. The highest BCUT2D eigenvalue weighted by Crippen LogP contribution is 2.33. The van der Waals surface area contributed by atoms with Crippen molar-refractivity contribution in [1.29, 1.82) is 0 Å². The van der Waals surface area contributed by atoms with E-state index in [1.807, 2.05) is 13.8 Å². The second-order valence-electron chi connectivity index (χ2n) is 6.15. The van der Waals surface area contributed by atoms with Gasteiger partial charge in [-0.2, -0.15) is 0 Å². The van der Waals surface area contributed by atoms with Gasteiger partial charge >= 0.3 is 0 Å². The summed E-state index contributed by atoms with van der Waals surface area (Å²) in [4.78, 5) is 28.2. The Bertz CT molecular complexity index is 588. The number of nitrogens with zero attached hydrogens (tertiary/aromatic N) is 1. The first kappa shape index (κ1) is 16.2. The standard InChI is InChI=1S/C16H17Cl2NO2/c1-16(2)6-14(20)12(15(21)7-16)9-19-8-10-3-4-11(17)5-13(10)18/h3-5,9,12H,6-8H2,1-2H3. The Morgan fingerprint density at radius 2 is 1.86 bits per heavy atom. The predicted octanol–water partition coefficient (Wildman–Crippen LogP) is 4.14. The highest BCUT2D eigenvalue weighted by atomic mass is 35.5. The van der Waals surface area contributed by atoms with Crippen LogP contribution in [0.25, 0.3) is 0 Å². The third kappa shape index (κ3) is 4.14. The number of benzene rings is 1. The van der Waals surface area contributed by atoms with Gasteiger partial charge in [0.05, 0.1) is 6.54 Å². The molecular formula is C16H17Cl2NO2. The largest absolute Gasteiger partial charge is 0.298 e. The molecule has 0 bridgehead atoms. The quantitative estimate of drug-likeness (QED) is 0.619. The molecule has 0 radical (unpaired) electrons. The van der Waals surface area contributed by atoms with Crippen LogP contribution in [-0.4, -0.2) is 17.8 Å². The number of carbonyl (C=O) groups excluding carboxylic acids is 2. The summed E-state index contributed by atoms with van der Waals surface area (Å²) < 4.78 is 0. The number of rotatable bonds is 3.